The molecule has 0 bridgehead atoms. The average molecular weight is 492 g/mol. The summed E-state index contributed by atoms with van der Waals surface area (Å²) in [6.45, 7) is 5.05. The van der Waals surface area contributed by atoms with E-state index in [-0.39, 0.29) is 11.1 Å². The van der Waals surface area contributed by atoms with Gasteiger partial charge in [-0.3, -0.25) is 4.90 Å². The molecule has 2 aliphatic rings. The summed E-state index contributed by atoms with van der Waals surface area (Å²) >= 11 is 0. The number of anilines is 1. The second-order valence-corrected chi connectivity index (χ2v) is 11.2. The van der Waals surface area contributed by atoms with Crippen molar-refractivity contribution in [1.82, 2.24) is 19.3 Å². The second-order valence-electron chi connectivity index (χ2n) is 9.37. The molecule has 0 spiro atoms. The number of hydrogen-bond donors (Lipinski definition) is 0. The summed E-state index contributed by atoms with van der Waals surface area (Å²) < 4.78 is 34.1. The normalized spacial score (nSPS) is 20.2. The molecule has 0 radical (unpaired) electrons. The van der Waals surface area contributed by atoms with Crippen LogP contribution in [0.15, 0.2) is 70.2 Å². The van der Waals surface area contributed by atoms with E-state index in [0.29, 0.717) is 12.1 Å². The number of pyridine rings is 1. The molecule has 4 aromatic rings. The Morgan fingerprint density at radius 1 is 0.914 bits per heavy atom. The van der Waals surface area contributed by atoms with Gasteiger partial charge in [0, 0.05) is 44.2 Å². The smallest absolute Gasteiger partial charge is 0.260 e. The van der Waals surface area contributed by atoms with E-state index >= 15 is 0 Å². The predicted molar refractivity (Wildman–Crippen MR) is 136 cm³/mol. The van der Waals surface area contributed by atoms with Gasteiger partial charge in [-0.15, -0.1) is 0 Å². The van der Waals surface area contributed by atoms with Crippen LogP contribution in [0, 0.1) is 0 Å². The lowest BCUT2D eigenvalue weighted by molar-refractivity contribution is 0.231. The molecule has 6 rings (SSSR count). The molecule has 2 aliphatic heterocycles. The first kappa shape index (κ1) is 22.5. The van der Waals surface area contributed by atoms with Crippen LogP contribution in [0.5, 0.6) is 0 Å². The summed E-state index contributed by atoms with van der Waals surface area (Å²) in [6, 6.07) is 19.1. The van der Waals surface area contributed by atoms with Crippen LogP contribution in [0.2, 0.25) is 0 Å². The number of benzene rings is 2. The Kier molecular flexibility index (Phi) is 5.91. The summed E-state index contributed by atoms with van der Waals surface area (Å²) in [4.78, 5) is 9.18. The zero-order chi connectivity index (χ0) is 23.8. The van der Waals surface area contributed by atoms with Crippen LogP contribution in [0.25, 0.3) is 21.9 Å². The maximum absolute atomic E-state index is 13.4. The number of piperazine rings is 1. The largest absolute Gasteiger partial charge is 0.354 e. The minimum absolute atomic E-state index is 0.0192. The average Bonchev–Trinajstić information content (AvgIpc) is 3.55. The molecule has 8 nitrogen and oxygen atoms in total. The summed E-state index contributed by atoms with van der Waals surface area (Å²) in [6.07, 6.45) is 2.63. The van der Waals surface area contributed by atoms with Crippen molar-refractivity contribution in [3.63, 3.8) is 0 Å². The molecule has 2 aromatic heterocycles. The van der Waals surface area contributed by atoms with E-state index in [1.807, 2.05) is 54.6 Å². The van der Waals surface area contributed by atoms with E-state index in [4.69, 9.17) is 4.52 Å². The van der Waals surface area contributed by atoms with Crippen molar-refractivity contribution in [2.24, 2.45) is 0 Å². The maximum atomic E-state index is 13.4. The minimum Gasteiger partial charge on any atom is -0.354 e. The van der Waals surface area contributed by atoms with E-state index in [0.717, 1.165) is 74.2 Å². The minimum atomic E-state index is -3.61. The molecule has 182 valence electrons. The topological polar surface area (TPSA) is 82.8 Å². The number of nitrogens with zero attached hydrogens (tertiary/aromatic N) is 5. The lowest BCUT2D eigenvalue weighted by Crippen LogP contribution is -2.48. The third kappa shape index (κ3) is 4.28. The monoisotopic (exact) mass is 491 g/mol. The van der Waals surface area contributed by atoms with Crippen LogP contribution in [0.4, 0.5) is 5.82 Å². The van der Waals surface area contributed by atoms with Crippen molar-refractivity contribution in [2.75, 3.05) is 44.2 Å². The third-order valence-electron chi connectivity index (χ3n) is 7.28. The lowest BCUT2D eigenvalue weighted by atomic mass is 10.1. The van der Waals surface area contributed by atoms with Gasteiger partial charge in [0.1, 0.15) is 0 Å². The van der Waals surface area contributed by atoms with Crippen molar-refractivity contribution in [3.8, 4) is 0 Å². The fourth-order valence-electron chi connectivity index (χ4n) is 5.34. The Labute approximate surface area is 205 Å². The molecule has 0 amide bonds. The molecule has 2 saturated heterocycles. The van der Waals surface area contributed by atoms with Crippen LogP contribution in [0.1, 0.15) is 19.3 Å². The molecule has 1 atom stereocenters. The fourth-order valence-corrected chi connectivity index (χ4v) is 7.01. The highest BCUT2D eigenvalue weighted by molar-refractivity contribution is 7.89. The first-order valence-corrected chi connectivity index (χ1v) is 13.7. The third-order valence-corrected chi connectivity index (χ3v) is 9.13. The zero-order valence-electron chi connectivity index (χ0n) is 19.6. The van der Waals surface area contributed by atoms with Crippen molar-refractivity contribution in [3.05, 3.63) is 60.7 Å². The summed E-state index contributed by atoms with van der Waals surface area (Å²) in [7, 11) is -3.61. The van der Waals surface area contributed by atoms with Gasteiger partial charge in [-0.2, -0.15) is 4.31 Å². The highest BCUT2D eigenvalue weighted by Gasteiger charge is 2.36. The molecule has 9 heteroatoms. The second kappa shape index (κ2) is 9.22. The van der Waals surface area contributed by atoms with Gasteiger partial charge in [-0.05, 0) is 56.1 Å². The lowest BCUT2D eigenvalue weighted by Gasteiger charge is -2.35. The zero-order valence-corrected chi connectivity index (χ0v) is 20.4. The quantitative estimate of drug-likeness (QED) is 0.406. The van der Waals surface area contributed by atoms with E-state index in [9.17, 15) is 8.42 Å². The van der Waals surface area contributed by atoms with Crippen LogP contribution < -0.4 is 4.90 Å². The summed E-state index contributed by atoms with van der Waals surface area (Å²) in [5.41, 5.74) is 1.52. The number of fused-ring (bicyclic) bond motifs is 2. The van der Waals surface area contributed by atoms with E-state index in [2.05, 4.69) is 19.9 Å². The highest BCUT2D eigenvalue weighted by atomic mass is 32.2. The SMILES string of the molecule is O=S(=O)(c1ccc2ccccc2n1)N1CCC[C@@H]1CCN1CCN(c2noc3ccccc23)CC1. The van der Waals surface area contributed by atoms with Gasteiger partial charge in [0.2, 0.25) is 0 Å². The number of rotatable bonds is 6. The molecule has 4 heterocycles. The standard InChI is InChI=1S/C26H29N5O3S/c32-35(33,25-12-11-20-6-1-3-9-23(20)27-25)31-14-5-7-21(31)13-15-29-16-18-30(19-17-29)26-22-8-2-4-10-24(22)34-28-26/h1-4,6,8-12,21H,5,7,13-19H2/t21-/m1/s1. The fraction of sp³-hybridized carbons (Fsp3) is 0.385. The molecule has 0 unspecified atom stereocenters. The summed E-state index contributed by atoms with van der Waals surface area (Å²) in [5.74, 6) is 0.913. The van der Waals surface area contributed by atoms with Gasteiger partial charge in [0.05, 0.1) is 10.9 Å². The number of aromatic nitrogens is 2. The highest BCUT2D eigenvalue weighted by Crippen LogP contribution is 2.29. The molecule has 0 N–H and O–H groups in total. The van der Waals surface area contributed by atoms with Gasteiger partial charge in [-0.1, -0.05) is 35.5 Å². The molecular weight excluding hydrogens is 462 g/mol. The number of hydrogen-bond acceptors (Lipinski definition) is 7. The van der Waals surface area contributed by atoms with Crippen LogP contribution >= 0.6 is 0 Å². The molecule has 0 saturated carbocycles. The van der Waals surface area contributed by atoms with Crippen molar-refractivity contribution < 1.29 is 12.9 Å². The van der Waals surface area contributed by atoms with E-state index in [1.54, 1.807) is 10.4 Å². The number of para-hydroxylation sites is 2. The Morgan fingerprint density at radius 2 is 1.71 bits per heavy atom. The van der Waals surface area contributed by atoms with Gasteiger partial charge < -0.3 is 9.42 Å². The molecule has 2 aromatic carbocycles. The van der Waals surface area contributed by atoms with Crippen LogP contribution in [-0.4, -0.2) is 73.1 Å². The van der Waals surface area contributed by atoms with Crippen molar-refractivity contribution in [1.29, 1.82) is 0 Å². The molecule has 0 aliphatic carbocycles. The molecule has 35 heavy (non-hydrogen) atoms. The maximum Gasteiger partial charge on any atom is 0.260 e. The Morgan fingerprint density at radius 3 is 2.60 bits per heavy atom. The first-order valence-electron chi connectivity index (χ1n) is 12.3. The van der Waals surface area contributed by atoms with E-state index < -0.39 is 10.0 Å². The Bertz CT molecular complexity index is 1450. The Balaban J connectivity index is 1.09. The number of sulfonamides is 1. The molecular formula is C26H29N5O3S. The predicted octanol–water partition coefficient (Wildman–Crippen LogP) is 3.74. The van der Waals surface area contributed by atoms with Gasteiger partial charge in [0.25, 0.3) is 10.0 Å². The van der Waals surface area contributed by atoms with Gasteiger partial charge in [0.15, 0.2) is 16.4 Å². The van der Waals surface area contributed by atoms with Crippen LogP contribution in [-0.2, 0) is 10.0 Å². The summed E-state index contributed by atoms with van der Waals surface area (Å²) in [5, 5.41) is 6.44. The van der Waals surface area contributed by atoms with E-state index in [1.165, 1.54) is 0 Å². The van der Waals surface area contributed by atoms with Crippen LogP contribution in [0.3, 0.4) is 0 Å². The van der Waals surface area contributed by atoms with Gasteiger partial charge >= 0.3 is 0 Å². The van der Waals surface area contributed by atoms with Gasteiger partial charge in [-0.25, -0.2) is 13.4 Å². The first-order chi connectivity index (χ1) is 17.1. The molecule has 2 fully saturated rings. The van der Waals surface area contributed by atoms with Crippen molar-refractivity contribution in [2.45, 2.75) is 30.3 Å². The Hall–Kier alpha value is -3.01. The van der Waals surface area contributed by atoms with Crippen molar-refractivity contribution >= 4 is 37.7 Å².